The Labute approximate surface area is 67.0 Å². The molecule has 0 aromatic heterocycles. The Morgan fingerprint density at radius 3 is 2.60 bits per heavy atom. The van der Waals surface area contributed by atoms with Crippen molar-refractivity contribution in [1.82, 2.24) is 4.90 Å². The van der Waals surface area contributed by atoms with Crippen molar-refractivity contribution >= 4 is 18.2 Å². The summed E-state index contributed by atoms with van der Waals surface area (Å²) in [7, 11) is 2.11. The molecule has 1 aliphatic heterocycles. The highest BCUT2D eigenvalue weighted by Crippen LogP contribution is 2.33. The summed E-state index contributed by atoms with van der Waals surface area (Å²) in [6.45, 7) is 1.02. The van der Waals surface area contributed by atoms with Crippen molar-refractivity contribution in [2.24, 2.45) is 5.92 Å². The molecule has 58 valence electrons. The zero-order valence-electron chi connectivity index (χ0n) is 6.04. The predicted octanol–water partition coefficient (Wildman–Crippen LogP) is 0.701. The topological polar surface area (TPSA) is 20.3 Å². The number of halogens is 1. The number of rotatable bonds is 0. The van der Waals surface area contributed by atoms with Gasteiger partial charge in [-0.25, -0.2) is 0 Å². The molecule has 0 amide bonds. The van der Waals surface area contributed by atoms with Gasteiger partial charge in [0.2, 0.25) is 0 Å². The summed E-state index contributed by atoms with van der Waals surface area (Å²) in [5.41, 5.74) is 0. The quantitative estimate of drug-likeness (QED) is 0.522. The summed E-state index contributed by atoms with van der Waals surface area (Å²) in [5, 5.41) is 0. The zero-order valence-corrected chi connectivity index (χ0v) is 6.86. The molecule has 0 N–H and O–H groups in total. The SMILES string of the molecule is CN1CC2CC1CC2=O.Cl. The molecule has 2 aliphatic rings. The number of piperidine rings is 1. The van der Waals surface area contributed by atoms with Gasteiger partial charge in [-0.3, -0.25) is 4.79 Å². The lowest BCUT2D eigenvalue weighted by molar-refractivity contribution is -0.122. The van der Waals surface area contributed by atoms with E-state index in [9.17, 15) is 4.79 Å². The molecule has 2 fully saturated rings. The van der Waals surface area contributed by atoms with Crippen LogP contribution in [0.25, 0.3) is 0 Å². The van der Waals surface area contributed by atoms with Crippen LogP contribution in [-0.2, 0) is 4.79 Å². The third kappa shape index (κ3) is 0.956. The maximum Gasteiger partial charge on any atom is 0.138 e. The summed E-state index contributed by atoms with van der Waals surface area (Å²) in [6, 6.07) is 0.600. The second kappa shape index (κ2) is 2.51. The molecule has 0 aromatic carbocycles. The van der Waals surface area contributed by atoms with Crippen molar-refractivity contribution in [2.75, 3.05) is 13.6 Å². The molecule has 0 radical (unpaired) electrons. The molecular weight excluding hydrogens is 150 g/mol. The smallest absolute Gasteiger partial charge is 0.138 e. The fourth-order valence-electron chi connectivity index (χ4n) is 1.95. The Hall–Kier alpha value is -0.0800. The fraction of sp³-hybridized carbons (Fsp3) is 0.857. The lowest BCUT2D eigenvalue weighted by atomic mass is 10.1. The van der Waals surface area contributed by atoms with Crippen LogP contribution in [-0.4, -0.2) is 30.3 Å². The van der Waals surface area contributed by atoms with E-state index in [2.05, 4.69) is 11.9 Å². The van der Waals surface area contributed by atoms with Crippen LogP contribution < -0.4 is 0 Å². The molecule has 10 heavy (non-hydrogen) atoms. The summed E-state index contributed by atoms with van der Waals surface area (Å²) in [5.74, 6) is 0.901. The third-order valence-electron chi connectivity index (χ3n) is 2.58. The highest BCUT2D eigenvalue weighted by Gasteiger charge is 2.41. The molecule has 0 spiro atoms. The van der Waals surface area contributed by atoms with E-state index in [1.807, 2.05) is 0 Å². The number of carbonyl (C=O) groups excluding carboxylic acids is 1. The molecule has 1 aliphatic carbocycles. The maximum absolute atomic E-state index is 11.0. The standard InChI is InChI=1S/C7H11NO.ClH/c1-8-4-5-2-6(8)3-7(5)9;/h5-6H,2-4H2,1H3;1H. The highest BCUT2D eigenvalue weighted by molar-refractivity contribution is 5.85. The maximum atomic E-state index is 11.0. The van der Waals surface area contributed by atoms with E-state index < -0.39 is 0 Å². The van der Waals surface area contributed by atoms with E-state index in [0.29, 0.717) is 17.7 Å². The number of carbonyl (C=O) groups is 1. The normalized spacial score (nSPS) is 38.3. The summed E-state index contributed by atoms with van der Waals surface area (Å²) >= 11 is 0. The number of likely N-dealkylation sites (tertiary alicyclic amines) is 1. The van der Waals surface area contributed by atoms with Gasteiger partial charge < -0.3 is 4.90 Å². The number of hydrogen-bond donors (Lipinski definition) is 0. The average molecular weight is 162 g/mol. The Kier molecular flexibility index (Phi) is 2.02. The van der Waals surface area contributed by atoms with Crippen molar-refractivity contribution in [1.29, 1.82) is 0 Å². The van der Waals surface area contributed by atoms with Gasteiger partial charge in [0.15, 0.2) is 0 Å². The van der Waals surface area contributed by atoms with Gasteiger partial charge in [0.25, 0.3) is 0 Å². The third-order valence-corrected chi connectivity index (χ3v) is 2.58. The van der Waals surface area contributed by atoms with Gasteiger partial charge in [0.05, 0.1) is 0 Å². The molecule has 2 bridgehead atoms. The van der Waals surface area contributed by atoms with Gasteiger partial charge in [-0.15, -0.1) is 12.4 Å². The van der Waals surface area contributed by atoms with Crippen LogP contribution in [0.15, 0.2) is 0 Å². The molecule has 1 saturated heterocycles. The molecule has 0 aromatic rings. The van der Waals surface area contributed by atoms with Gasteiger partial charge in [0.1, 0.15) is 5.78 Å². The molecule has 1 saturated carbocycles. The van der Waals surface area contributed by atoms with E-state index in [1.165, 1.54) is 0 Å². The Bertz CT molecular complexity index is 158. The van der Waals surface area contributed by atoms with Crippen LogP contribution in [0.4, 0.5) is 0 Å². The van der Waals surface area contributed by atoms with E-state index in [0.717, 1.165) is 19.4 Å². The van der Waals surface area contributed by atoms with Crippen molar-refractivity contribution in [3.63, 3.8) is 0 Å². The molecule has 2 unspecified atom stereocenters. The first kappa shape index (κ1) is 8.02. The predicted molar refractivity (Wildman–Crippen MR) is 41.4 cm³/mol. The molecule has 2 rings (SSSR count). The van der Waals surface area contributed by atoms with Crippen LogP contribution in [0, 0.1) is 5.92 Å². The molecule has 1 heterocycles. The average Bonchev–Trinajstić information content (AvgIpc) is 2.24. The van der Waals surface area contributed by atoms with Gasteiger partial charge in [-0.1, -0.05) is 0 Å². The van der Waals surface area contributed by atoms with Gasteiger partial charge in [0, 0.05) is 24.9 Å². The van der Waals surface area contributed by atoms with Crippen LogP contribution in [0.2, 0.25) is 0 Å². The van der Waals surface area contributed by atoms with Crippen LogP contribution >= 0.6 is 12.4 Å². The first-order valence-corrected chi connectivity index (χ1v) is 3.50. The van der Waals surface area contributed by atoms with Crippen molar-refractivity contribution in [2.45, 2.75) is 18.9 Å². The van der Waals surface area contributed by atoms with Crippen LogP contribution in [0.3, 0.4) is 0 Å². The lowest BCUT2D eigenvalue weighted by Gasteiger charge is -2.20. The minimum Gasteiger partial charge on any atom is -0.302 e. The molecule has 2 atom stereocenters. The van der Waals surface area contributed by atoms with Crippen LogP contribution in [0.1, 0.15) is 12.8 Å². The second-order valence-electron chi connectivity index (χ2n) is 3.20. The van der Waals surface area contributed by atoms with Crippen molar-refractivity contribution in [3.05, 3.63) is 0 Å². The Morgan fingerprint density at radius 1 is 1.60 bits per heavy atom. The van der Waals surface area contributed by atoms with E-state index >= 15 is 0 Å². The van der Waals surface area contributed by atoms with Crippen molar-refractivity contribution < 1.29 is 4.79 Å². The first-order valence-electron chi connectivity index (χ1n) is 3.50. The summed E-state index contributed by atoms with van der Waals surface area (Å²) in [6.07, 6.45) is 1.95. The first-order chi connectivity index (χ1) is 4.27. The molecule has 2 nitrogen and oxygen atoms in total. The molecule has 3 heteroatoms. The Balaban J connectivity index is 0.000000500. The summed E-state index contributed by atoms with van der Waals surface area (Å²) < 4.78 is 0. The number of fused-ring (bicyclic) bond motifs is 2. The number of Topliss-reactive ketones (excluding diaryl/α,β-unsaturated/α-hetero) is 1. The van der Waals surface area contributed by atoms with E-state index in [1.54, 1.807) is 0 Å². The van der Waals surface area contributed by atoms with Gasteiger partial charge >= 0.3 is 0 Å². The van der Waals surface area contributed by atoms with E-state index in [-0.39, 0.29) is 12.4 Å². The number of ketones is 1. The van der Waals surface area contributed by atoms with E-state index in [4.69, 9.17) is 0 Å². The summed E-state index contributed by atoms with van der Waals surface area (Å²) in [4.78, 5) is 13.3. The van der Waals surface area contributed by atoms with Gasteiger partial charge in [-0.2, -0.15) is 0 Å². The molecular formula is C7H12ClNO. The fourth-order valence-corrected chi connectivity index (χ4v) is 1.95. The Morgan fingerprint density at radius 2 is 2.30 bits per heavy atom. The lowest BCUT2D eigenvalue weighted by Crippen LogP contribution is -2.31. The van der Waals surface area contributed by atoms with Crippen molar-refractivity contribution in [3.8, 4) is 0 Å². The monoisotopic (exact) mass is 161 g/mol. The number of nitrogens with zero attached hydrogens (tertiary/aromatic N) is 1. The minimum absolute atomic E-state index is 0. The largest absolute Gasteiger partial charge is 0.302 e. The second-order valence-corrected chi connectivity index (χ2v) is 3.20. The highest BCUT2D eigenvalue weighted by atomic mass is 35.5. The minimum atomic E-state index is 0. The van der Waals surface area contributed by atoms with Crippen LogP contribution in [0.5, 0.6) is 0 Å². The zero-order chi connectivity index (χ0) is 6.43. The number of hydrogen-bond acceptors (Lipinski definition) is 2. The van der Waals surface area contributed by atoms with Gasteiger partial charge in [-0.05, 0) is 13.5 Å².